The van der Waals surface area contributed by atoms with Crippen molar-refractivity contribution in [2.45, 2.75) is 6.04 Å². The van der Waals surface area contributed by atoms with E-state index in [0.717, 1.165) is 18.1 Å². The number of rotatable bonds is 6. The number of hydrogen-bond donors (Lipinski definition) is 1. The smallest absolute Gasteiger partial charge is 0.0468 e. The molecule has 0 saturated carbocycles. The molecule has 0 aromatic heterocycles. The third kappa shape index (κ3) is 4.64. The molecule has 1 rings (SSSR count). The van der Waals surface area contributed by atoms with Crippen LogP contribution in [0.5, 0.6) is 0 Å². The number of nitrogens with two attached hydrogens (primary N) is 1. The Hall–Kier alpha value is -0.610. The predicted molar refractivity (Wildman–Crippen MR) is 74.4 cm³/mol. The Labute approximate surface area is 109 Å². The Balaban J connectivity index is 2.70. The van der Waals surface area contributed by atoms with Gasteiger partial charge in [-0.3, -0.25) is 4.90 Å². The fourth-order valence-corrected chi connectivity index (χ4v) is 2.00. The van der Waals surface area contributed by atoms with Gasteiger partial charge in [0.2, 0.25) is 0 Å². The quantitative estimate of drug-likeness (QED) is 0.842. The van der Waals surface area contributed by atoms with Gasteiger partial charge in [0.25, 0.3) is 0 Å². The van der Waals surface area contributed by atoms with E-state index in [2.05, 4.69) is 37.0 Å². The highest BCUT2D eigenvalue weighted by molar-refractivity contribution is 6.30. The Morgan fingerprint density at radius 3 is 2.47 bits per heavy atom. The molecule has 0 aliphatic heterocycles. The van der Waals surface area contributed by atoms with Gasteiger partial charge in [-0.05, 0) is 38.8 Å². The van der Waals surface area contributed by atoms with Crippen molar-refractivity contribution in [3.63, 3.8) is 0 Å². The fourth-order valence-electron chi connectivity index (χ4n) is 1.80. The van der Waals surface area contributed by atoms with Gasteiger partial charge < -0.3 is 10.6 Å². The van der Waals surface area contributed by atoms with E-state index in [1.54, 1.807) is 0 Å². The first-order chi connectivity index (χ1) is 8.04. The molecule has 0 amide bonds. The zero-order valence-corrected chi connectivity index (χ0v) is 11.6. The van der Waals surface area contributed by atoms with E-state index in [9.17, 15) is 0 Å². The predicted octanol–water partition coefficient (Wildman–Crippen LogP) is 1.83. The highest BCUT2D eigenvalue weighted by atomic mass is 35.5. The molecule has 3 nitrogen and oxygen atoms in total. The van der Waals surface area contributed by atoms with Gasteiger partial charge in [0.1, 0.15) is 0 Å². The molecule has 1 unspecified atom stereocenters. The summed E-state index contributed by atoms with van der Waals surface area (Å²) in [7, 11) is 6.25. The normalized spacial score (nSPS) is 13.4. The van der Waals surface area contributed by atoms with Gasteiger partial charge in [-0.25, -0.2) is 0 Å². The molecule has 0 spiro atoms. The third-order valence-corrected chi connectivity index (χ3v) is 3.12. The Morgan fingerprint density at radius 1 is 1.24 bits per heavy atom. The molecule has 0 bridgehead atoms. The number of nitrogens with zero attached hydrogens (tertiary/aromatic N) is 2. The van der Waals surface area contributed by atoms with Crippen LogP contribution in [-0.4, -0.2) is 50.6 Å². The second-order valence-electron chi connectivity index (χ2n) is 4.59. The van der Waals surface area contributed by atoms with Crippen LogP contribution in [0.25, 0.3) is 0 Å². The standard InChI is InChI=1S/C13H22ClN3/c1-16(2)7-8-17(3)13(10-15)11-5-4-6-12(14)9-11/h4-6,9,13H,7-8,10,15H2,1-3H3. The van der Waals surface area contributed by atoms with Gasteiger partial charge in [-0.1, -0.05) is 23.7 Å². The molecule has 0 aliphatic rings. The lowest BCUT2D eigenvalue weighted by molar-refractivity contribution is 0.223. The van der Waals surface area contributed by atoms with Crippen molar-refractivity contribution in [1.82, 2.24) is 9.80 Å². The van der Waals surface area contributed by atoms with E-state index >= 15 is 0 Å². The molecule has 0 radical (unpaired) electrons. The highest BCUT2D eigenvalue weighted by Crippen LogP contribution is 2.21. The number of halogens is 1. The molecule has 2 N–H and O–H groups in total. The van der Waals surface area contributed by atoms with E-state index in [4.69, 9.17) is 17.3 Å². The largest absolute Gasteiger partial charge is 0.329 e. The maximum Gasteiger partial charge on any atom is 0.0468 e. The maximum atomic E-state index is 6.01. The second-order valence-corrected chi connectivity index (χ2v) is 5.03. The summed E-state index contributed by atoms with van der Waals surface area (Å²) in [6.07, 6.45) is 0. The molecule has 96 valence electrons. The molecule has 4 heteroatoms. The number of benzene rings is 1. The average molecular weight is 256 g/mol. The fraction of sp³-hybridized carbons (Fsp3) is 0.538. The van der Waals surface area contributed by atoms with Crippen molar-refractivity contribution in [1.29, 1.82) is 0 Å². The van der Waals surface area contributed by atoms with Crippen molar-refractivity contribution in [2.75, 3.05) is 40.8 Å². The summed E-state index contributed by atoms with van der Waals surface area (Å²) in [4.78, 5) is 4.44. The minimum atomic E-state index is 0.230. The minimum absolute atomic E-state index is 0.230. The molecule has 0 fully saturated rings. The summed E-state index contributed by atoms with van der Waals surface area (Å²) in [6, 6.07) is 8.16. The van der Waals surface area contributed by atoms with Gasteiger partial charge in [-0.2, -0.15) is 0 Å². The van der Waals surface area contributed by atoms with Crippen molar-refractivity contribution < 1.29 is 0 Å². The highest BCUT2D eigenvalue weighted by Gasteiger charge is 2.15. The van der Waals surface area contributed by atoms with Crippen LogP contribution in [0, 0.1) is 0 Å². The zero-order valence-electron chi connectivity index (χ0n) is 10.9. The molecule has 17 heavy (non-hydrogen) atoms. The maximum absolute atomic E-state index is 6.01. The van der Waals surface area contributed by atoms with Crippen LogP contribution in [0.3, 0.4) is 0 Å². The first-order valence-corrected chi connectivity index (χ1v) is 6.23. The molecule has 1 atom stereocenters. The Morgan fingerprint density at radius 2 is 1.94 bits per heavy atom. The SMILES string of the molecule is CN(C)CCN(C)C(CN)c1cccc(Cl)c1. The van der Waals surface area contributed by atoms with Crippen LogP contribution in [0.15, 0.2) is 24.3 Å². The van der Waals surface area contributed by atoms with Crippen LogP contribution in [0.4, 0.5) is 0 Å². The molecule has 1 aromatic carbocycles. The lowest BCUT2D eigenvalue weighted by Crippen LogP contribution is -2.35. The van der Waals surface area contributed by atoms with Gasteiger partial charge in [-0.15, -0.1) is 0 Å². The molecular formula is C13H22ClN3. The van der Waals surface area contributed by atoms with Crippen LogP contribution in [0.1, 0.15) is 11.6 Å². The lowest BCUT2D eigenvalue weighted by Gasteiger charge is -2.28. The first kappa shape index (κ1) is 14.5. The zero-order chi connectivity index (χ0) is 12.8. The van der Waals surface area contributed by atoms with Crippen molar-refractivity contribution in [3.8, 4) is 0 Å². The van der Waals surface area contributed by atoms with E-state index in [1.165, 1.54) is 5.56 Å². The summed E-state index contributed by atoms with van der Waals surface area (Å²) >= 11 is 6.01. The van der Waals surface area contributed by atoms with Crippen molar-refractivity contribution in [3.05, 3.63) is 34.9 Å². The topological polar surface area (TPSA) is 32.5 Å². The van der Waals surface area contributed by atoms with E-state index in [1.807, 2.05) is 18.2 Å². The summed E-state index contributed by atoms with van der Waals surface area (Å²) < 4.78 is 0. The van der Waals surface area contributed by atoms with Crippen LogP contribution >= 0.6 is 11.6 Å². The molecular weight excluding hydrogens is 234 g/mol. The van der Waals surface area contributed by atoms with Crippen LogP contribution < -0.4 is 5.73 Å². The lowest BCUT2D eigenvalue weighted by atomic mass is 10.1. The summed E-state index contributed by atoms with van der Waals surface area (Å²) in [5, 5.41) is 0.766. The van der Waals surface area contributed by atoms with E-state index in [0.29, 0.717) is 6.54 Å². The number of hydrogen-bond acceptors (Lipinski definition) is 3. The van der Waals surface area contributed by atoms with E-state index < -0.39 is 0 Å². The first-order valence-electron chi connectivity index (χ1n) is 5.85. The molecule has 1 aromatic rings. The average Bonchev–Trinajstić information content (AvgIpc) is 2.27. The van der Waals surface area contributed by atoms with Crippen LogP contribution in [-0.2, 0) is 0 Å². The van der Waals surface area contributed by atoms with Gasteiger partial charge in [0, 0.05) is 30.7 Å². The summed E-state index contributed by atoms with van der Waals surface area (Å²) in [5.74, 6) is 0. The molecule has 0 saturated heterocycles. The Bertz CT molecular complexity index is 341. The van der Waals surface area contributed by atoms with Gasteiger partial charge in [0.05, 0.1) is 0 Å². The molecule has 0 heterocycles. The summed E-state index contributed by atoms with van der Waals surface area (Å²) in [6.45, 7) is 2.61. The van der Waals surface area contributed by atoms with Crippen molar-refractivity contribution >= 4 is 11.6 Å². The monoisotopic (exact) mass is 255 g/mol. The summed E-state index contributed by atoms with van der Waals surface area (Å²) in [5.41, 5.74) is 7.05. The Kier molecular flexibility index (Phi) is 5.92. The molecule has 0 aliphatic carbocycles. The second kappa shape index (κ2) is 6.97. The number of likely N-dealkylation sites (N-methyl/N-ethyl adjacent to an activating group) is 2. The van der Waals surface area contributed by atoms with Crippen LogP contribution in [0.2, 0.25) is 5.02 Å². The third-order valence-electron chi connectivity index (χ3n) is 2.89. The van der Waals surface area contributed by atoms with Crippen molar-refractivity contribution in [2.24, 2.45) is 5.73 Å². The van der Waals surface area contributed by atoms with E-state index in [-0.39, 0.29) is 6.04 Å². The van der Waals surface area contributed by atoms with Gasteiger partial charge >= 0.3 is 0 Å². The minimum Gasteiger partial charge on any atom is -0.329 e. The van der Waals surface area contributed by atoms with Gasteiger partial charge in [0.15, 0.2) is 0 Å².